The molecule has 0 saturated carbocycles. The maximum absolute atomic E-state index is 12.7. The van der Waals surface area contributed by atoms with E-state index >= 15 is 0 Å². The molecule has 0 fully saturated rings. The second-order valence-corrected chi connectivity index (χ2v) is 9.99. The minimum Gasteiger partial charge on any atom is -0.493 e. The molecule has 0 spiro atoms. The van der Waals surface area contributed by atoms with Crippen LogP contribution < -0.4 is 16.0 Å². The van der Waals surface area contributed by atoms with Crippen LogP contribution in [0.2, 0.25) is 0 Å². The quantitative estimate of drug-likeness (QED) is 0.235. The van der Waals surface area contributed by atoms with E-state index in [1.807, 2.05) is 75.4 Å². The van der Waals surface area contributed by atoms with E-state index in [4.69, 9.17) is 4.74 Å². The highest BCUT2D eigenvalue weighted by atomic mass is 16.5. The number of fused-ring (bicyclic) bond motifs is 1. The molecule has 0 aliphatic carbocycles. The molecule has 0 aliphatic heterocycles. The predicted octanol–water partition coefficient (Wildman–Crippen LogP) is 5.27. The summed E-state index contributed by atoms with van der Waals surface area (Å²) in [4.78, 5) is 35.7. The maximum Gasteiger partial charge on any atom is 0.335 e. The van der Waals surface area contributed by atoms with Gasteiger partial charge in [-0.15, -0.1) is 0 Å². The van der Waals surface area contributed by atoms with Crippen molar-refractivity contribution in [3.05, 3.63) is 121 Å². The van der Waals surface area contributed by atoms with Crippen LogP contribution in [-0.4, -0.2) is 31.9 Å². The standard InChI is InChI=1S/C32H32N4O4/c1-19-10-11-24(16-20(19)2)36-31(38)29(30(37)35-32(36)39)22(4)33-15-14-26-21(3)34-28-13-12-25(17-27(26)28)40-18-23-8-6-5-7-9-23/h5-13,16-17,34,38H,14-15,18H2,1-4H3,(H,35,37,39). The first-order chi connectivity index (χ1) is 19.2. The van der Waals surface area contributed by atoms with Crippen LogP contribution in [0.3, 0.4) is 0 Å². The third kappa shape index (κ3) is 5.33. The smallest absolute Gasteiger partial charge is 0.335 e. The van der Waals surface area contributed by atoms with E-state index in [0.717, 1.165) is 49.2 Å². The van der Waals surface area contributed by atoms with E-state index in [1.54, 1.807) is 19.1 Å². The van der Waals surface area contributed by atoms with Crippen molar-refractivity contribution >= 4 is 16.6 Å². The van der Waals surface area contributed by atoms with Gasteiger partial charge in [-0.05, 0) is 86.7 Å². The molecule has 0 unspecified atom stereocenters. The number of aromatic amines is 2. The van der Waals surface area contributed by atoms with Gasteiger partial charge in [0.25, 0.3) is 5.56 Å². The van der Waals surface area contributed by atoms with Gasteiger partial charge in [0, 0.05) is 28.9 Å². The van der Waals surface area contributed by atoms with Gasteiger partial charge >= 0.3 is 5.69 Å². The number of aryl methyl sites for hydroxylation is 3. The van der Waals surface area contributed by atoms with E-state index in [1.165, 1.54) is 0 Å². The van der Waals surface area contributed by atoms with Crippen molar-refractivity contribution in [1.82, 2.24) is 14.5 Å². The average Bonchev–Trinajstić information content (AvgIpc) is 3.24. The van der Waals surface area contributed by atoms with E-state index in [9.17, 15) is 14.7 Å². The van der Waals surface area contributed by atoms with Gasteiger partial charge in [0.2, 0.25) is 5.88 Å². The van der Waals surface area contributed by atoms with Gasteiger partial charge in [0.1, 0.15) is 17.9 Å². The normalized spacial score (nSPS) is 11.8. The molecule has 0 bridgehead atoms. The fraction of sp³-hybridized carbons (Fsp3) is 0.219. The highest BCUT2D eigenvalue weighted by Crippen LogP contribution is 2.28. The Balaban J connectivity index is 1.39. The van der Waals surface area contributed by atoms with Crippen LogP contribution in [0, 0.1) is 20.8 Å². The van der Waals surface area contributed by atoms with Crippen molar-refractivity contribution in [3.8, 4) is 17.3 Å². The minimum absolute atomic E-state index is 0.0231. The molecule has 0 atom stereocenters. The minimum atomic E-state index is -0.706. The summed E-state index contributed by atoms with van der Waals surface area (Å²) < 4.78 is 7.13. The zero-order valence-corrected chi connectivity index (χ0v) is 23.0. The Morgan fingerprint density at radius 1 is 0.950 bits per heavy atom. The van der Waals surface area contributed by atoms with Crippen LogP contribution in [-0.2, 0) is 13.0 Å². The lowest BCUT2D eigenvalue weighted by Crippen LogP contribution is -2.32. The monoisotopic (exact) mass is 536 g/mol. The number of ether oxygens (including phenoxy) is 1. The van der Waals surface area contributed by atoms with Crippen molar-refractivity contribution < 1.29 is 9.84 Å². The van der Waals surface area contributed by atoms with Crippen LogP contribution in [0.5, 0.6) is 11.6 Å². The Morgan fingerprint density at radius 2 is 1.73 bits per heavy atom. The van der Waals surface area contributed by atoms with Crippen molar-refractivity contribution in [1.29, 1.82) is 0 Å². The van der Waals surface area contributed by atoms with Crippen molar-refractivity contribution in [2.24, 2.45) is 4.99 Å². The number of benzene rings is 3. The molecule has 0 saturated heterocycles. The molecule has 40 heavy (non-hydrogen) atoms. The highest BCUT2D eigenvalue weighted by molar-refractivity contribution is 6.00. The maximum atomic E-state index is 12.7. The number of H-pyrrole nitrogens is 2. The van der Waals surface area contributed by atoms with Gasteiger partial charge < -0.3 is 14.8 Å². The summed E-state index contributed by atoms with van der Waals surface area (Å²) in [5.74, 6) is 0.350. The number of rotatable bonds is 8. The largest absolute Gasteiger partial charge is 0.493 e. The summed E-state index contributed by atoms with van der Waals surface area (Å²) in [6, 6.07) is 21.4. The van der Waals surface area contributed by atoms with Gasteiger partial charge in [-0.25, -0.2) is 9.36 Å². The molecule has 8 heteroatoms. The summed E-state index contributed by atoms with van der Waals surface area (Å²) in [6.07, 6.45) is 0.612. The Morgan fingerprint density at radius 3 is 2.48 bits per heavy atom. The second kappa shape index (κ2) is 11.1. The highest BCUT2D eigenvalue weighted by Gasteiger charge is 2.18. The fourth-order valence-corrected chi connectivity index (χ4v) is 4.88. The molecule has 3 N–H and O–H groups in total. The molecule has 2 heterocycles. The Labute approximate surface area is 231 Å². The first kappa shape index (κ1) is 26.7. The van der Waals surface area contributed by atoms with Gasteiger partial charge in [-0.3, -0.25) is 14.8 Å². The molecule has 8 nitrogen and oxygen atoms in total. The average molecular weight is 537 g/mol. The molecule has 2 aromatic heterocycles. The second-order valence-electron chi connectivity index (χ2n) is 9.99. The number of hydrogen-bond acceptors (Lipinski definition) is 5. The Kier molecular flexibility index (Phi) is 7.42. The predicted molar refractivity (Wildman–Crippen MR) is 158 cm³/mol. The summed E-state index contributed by atoms with van der Waals surface area (Å²) in [5.41, 5.74) is 5.68. The molecule has 0 radical (unpaired) electrons. The summed E-state index contributed by atoms with van der Waals surface area (Å²) in [5, 5.41) is 12.1. The molecule has 5 rings (SSSR count). The number of nitrogens with one attached hydrogen (secondary N) is 2. The van der Waals surface area contributed by atoms with Crippen LogP contribution >= 0.6 is 0 Å². The summed E-state index contributed by atoms with van der Waals surface area (Å²) >= 11 is 0. The summed E-state index contributed by atoms with van der Waals surface area (Å²) in [6.45, 7) is 8.44. The van der Waals surface area contributed by atoms with E-state index < -0.39 is 17.1 Å². The zero-order valence-electron chi connectivity index (χ0n) is 23.0. The van der Waals surface area contributed by atoms with Gasteiger partial charge in [0.05, 0.1) is 5.69 Å². The van der Waals surface area contributed by atoms with Gasteiger partial charge in [0.15, 0.2) is 0 Å². The summed E-state index contributed by atoms with van der Waals surface area (Å²) in [7, 11) is 0. The van der Waals surface area contributed by atoms with E-state index in [0.29, 0.717) is 31.0 Å². The number of nitrogens with zero attached hydrogens (tertiary/aromatic N) is 2. The van der Waals surface area contributed by atoms with Crippen LogP contribution in [0.15, 0.2) is 81.3 Å². The lowest BCUT2D eigenvalue weighted by atomic mass is 10.1. The number of hydrogen-bond donors (Lipinski definition) is 3. The SMILES string of the molecule is CC(=NCCc1c(C)[nH]c2ccc(OCc3ccccc3)cc12)c1c(O)n(-c2ccc(C)c(C)c2)c(=O)[nH]c1=O. The van der Waals surface area contributed by atoms with E-state index in [2.05, 4.69) is 15.0 Å². The van der Waals surface area contributed by atoms with E-state index in [-0.39, 0.29) is 5.56 Å². The third-order valence-electron chi connectivity index (χ3n) is 7.25. The molecule has 3 aromatic carbocycles. The number of aromatic nitrogens is 3. The van der Waals surface area contributed by atoms with Gasteiger partial charge in [-0.2, -0.15) is 0 Å². The molecule has 0 amide bonds. The molecular formula is C32H32N4O4. The van der Waals surface area contributed by atoms with Crippen LogP contribution in [0.4, 0.5) is 0 Å². The topological polar surface area (TPSA) is 112 Å². The molecule has 5 aromatic rings. The first-order valence-electron chi connectivity index (χ1n) is 13.2. The van der Waals surface area contributed by atoms with Crippen molar-refractivity contribution in [3.63, 3.8) is 0 Å². The first-order valence-corrected chi connectivity index (χ1v) is 13.2. The van der Waals surface area contributed by atoms with Crippen molar-refractivity contribution in [2.75, 3.05) is 6.54 Å². The molecule has 204 valence electrons. The number of aliphatic imine (C=N–C) groups is 1. The zero-order chi connectivity index (χ0) is 28.4. The lowest BCUT2D eigenvalue weighted by Gasteiger charge is -2.13. The molecular weight excluding hydrogens is 504 g/mol. The van der Waals surface area contributed by atoms with Crippen LogP contribution in [0.25, 0.3) is 16.6 Å². The van der Waals surface area contributed by atoms with Gasteiger partial charge in [-0.1, -0.05) is 36.4 Å². The van der Waals surface area contributed by atoms with Crippen LogP contribution in [0.1, 0.15) is 40.4 Å². The van der Waals surface area contributed by atoms with Crippen molar-refractivity contribution in [2.45, 2.75) is 40.7 Å². The molecule has 0 aliphatic rings. The number of aromatic hydroxyl groups is 1. The fourth-order valence-electron chi connectivity index (χ4n) is 4.88. The Bertz CT molecular complexity index is 1850. The third-order valence-corrected chi connectivity index (χ3v) is 7.25. The lowest BCUT2D eigenvalue weighted by molar-refractivity contribution is 0.306. The Hall–Kier alpha value is -4.85.